The quantitative estimate of drug-likeness (QED) is 0.0248. The van der Waals surface area contributed by atoms with Crippen LogP contribution >= 0.6 is 0 Å². The summed E-state index contributed by atoms with van der Waals surface area (Å²) < 4.78 is 40.3. The van der Waals surface area contributed by atoms with Crippen molar-refractivity contribution in [3.8, 4) is 0 Å². The number of rotatable bonds is 37. The summed E-state index contributed by atoms with van der Waals surface area (Å²) in [5.41, 5.74) is -1.52. The zero-order chi connectivity index (χ0) is 53.3. The van der Waals surface area contributed by atoms with E-state index in [4.69, 9.17) is 33.2 Å². The maximum atomic E-state index is 13.8. The van der Waals surface area contributed by atoms with E-state index in [0.29, 0.717) is 12.0 Å². The number of aliphatic hydroxyl groups excluding tert-OH is 2. The number of esters is 1. The van der Waals surface area contributed by atoms with Gasteiger partial charge in [0, 0.05) is 6.42 Å². The molecule has 0 spiro atoms. The number of carbonyl (C=O) groups excluding carboxylic acids is 4. The third kappa shape index (κ3) is 29.2. The van der Waals surface area contributed by atoms with E-state index in [1.807, 2.05) is 6.08 Å². The first-order valence-electron chi connectivity index (χ1n) is 27.9. The Hall–Kier alpha value is -3.72. The second kappa shape index (κ2) is 36.3. The van der Waals surface area contributed by atoms with Crippen molar-refractivity contribution in [2.75, 3.05) is 13.2 Å². The summed E-state index contributed by atoms with van der Waals surface area (Å²) in [6, 6.07) is 7.59. The lowest BCUT2D eigenvalue weighted by Gasteiger charge is -2.47. The van der Waals surface area contributed by atoms with Gasteiger partial charge in [-0.3, -0.25) is 4.79 Å². The fourth-order valence-electron chi connectivity index (χ4n) is 8.59. The van der Waals surface area contributed by atoms with Crippen LogP contribution in [0.25, 0.3) is 0 Å². The maximum Gasteiger partial charge on any atom is 0.509 e. The van der Waals surface area contributed by atoms with Crippen molar-refractivity contribution < 1.29 is 62.5 Å². The first kappa shape index (κ1) is 64.4. The van der Waals surface area contributed by atoms with Crippen LogP contribution in [0.4, 0.5) is 9.59 Å². The number of hydrogen-bond donors (Lipinski definition) is 3. The van der Waals surface area contributed by atoms with Gasteiger partial charge in [-0.1, -0.05) is 179 Å². The molecule has 0 bridgehead atoms. The summed E-state index contributed by atoms with van der Waals surface area (Å²) >= 11 is 0. The Morgan fingerprint density at radius 3 is 1.65 bits per heavy atom. The predicted molar refractivity (Wildman–Crippen MR) is 283 cm³/mol. The van der Waals surface area contributed by atoms with Crippen molar-refractivity contribution in [1.29, 1.82) is 0 Å². The maximum absolute atomic E-state index is 13.8. The van der Waals surface area contributed by atoms with Crippen LogP contribution in [0.5, 0.6) is 0 Å². The molecule has 0 aliphatic carbocycles. The average Bonchev–Trinajstić information content (AvgIpc) is 3.31. The first-order chi connectivity index (χ1) is 34.3. The average molecular weight is 1020 g/mol. The number of benzene rings is 1. The van der Waals surface area contributed by atoms with Gasteiger partial charge in [-0.25, -0.2) is 14.4 Å². The van der Waals surface area contributed by atoms with E-state index in [2.05, 4.69) is 19.2 Å². The zero-order valence-electron chi connectivity index (χ0n) is 46.2. The standard InChI is InChI=1S/C58H99NO13/c1-10-12-14-16-18-20-22-24-26-28-30-32-37-41-47(68-53(63)45-39-35-34-36-40-45)46(59-49(60)42-38-33-31-29-27-25-23-21-19-17-15-13-11-2)43-67-58(9)52(62)50(61)51(69-55(65)72-57(6,7)8)48(70-58)44-66-54(64)71-56(3,4)5/h34-37,39-41,46-48,50-52,61-62H,10-33,38,42-44H2,1-9H3,(H,59,60)/b41-37+/t46-,47+,48+,50-,51-,52+,58-/m0/s1. The highest BCUT2D eigenvalue weighted by atomic mass is 16.8. The van der Waals surface area contributed by atoms with E-state index < -0.39 is 78.4 Å². The highest BCUT2D eigenvalue weighted by Crippen LogP contribution is 2.34. The number of aliphatic hydroxyl groups is 2. The second-order valence-electron chi connectivity index (χ2n) is 21.9. The van der Waals surface area contributed by atoms with Gasteiger partial charge in [0.25, 0.3) is 0 Å². The fourth-order valence-corrected chi connectivity index (χ4v) is 8.59. The molecule has 2 rings (SSSR count). The minimum absolute atomic E-state index is 0.235. The highest BCUT2D eigenvalue weighted by Gasteiger charge is 2.55. The highest BCUT2D eigenvalue weighted by molar-refractivity contribution is 5.89. The molecule has 0 saturated carbocycles. The lowest BCUT2D eigenvalue weighted by Crippen LogP contribution is -2.66. The summed E-state index contributed by atoms with van der Waals surface area (Å²) in [4.78, 5) is 53.1. The van der Waals surface area contributed by atoms with E-state index >= 15 is 0 Å². The van der Waals surface area contributed by atoms with Crippen LogP contribution in [0.15, 0.2) is 42.5 Å². The number of allylic oxidation sites excluding steroid dienone is 1. The summed E-state index contributed by atoms with van der Waals surface area (Å²) in [5.74, 6) is -2.91. The van der Waals surface area contributed by atoms with E-state index in [0.717, 1.165) is 44.9 Å². The minimum Gasteiger partial charge on any atom is -0.452 e. The lowest BCUT2D eigenvalue weighted by atomic mass is 9.93. The van der Waals surface area contributed by atoms with E-state index in [9.17, 15) is 29.4 Å². The Labute approximate surface area is 434 Å². The molecule has 14 nitrogen and oxygen atoms in total. The first-order valence-corrected chi connectivity index (χ1v) is 27.9. The molecule has 414 valence electrons. The molecule has 0 aromatic heterocycles. The minimum atomic E-state index is -2.04. The molecule has 1 aromatic rings. The predicted octanol–water partition coefficient (Wildman–Crippen LogP) is 13.6. The lowest BCUT2D eigenvalue weighted by molar-refractivity contribution is -0.358. The van der Waals surface area contributed by atoms with Crippen LogP contribution in [-0.4, -0.2) is 101 Å². The Morgan fingerprint density at radius 2 is 1.15 bits per heavy atom. The van der Waals surface area contributed by atoms with Gasteiger partial charge < -0.3 is 48.7 Å². The molecule has 3 N–H and O–H groups in total. The molecule has 0 unspecified atom stereocenters. The van der Waals surface area contributed by atoms with E-state index in [1.165, 1.54) is 116 Å². The van der Waals surface area contributed by atoms with E-state index in [-0.39, 0.29) is 18.9 Å². The number of nitrogens with one attached hydrogen (secondary N) is 1. The van der Waals surface area contributed by atoms with Gasteiger partial charge in [0.05, 0.1) is 18.2 Å². The van der Waals surface area contributed by atoms with E-state index in [1.54, 1.807) is 78.0 Å². The van der Waals surface area contributed by atoms with Gasteiger partial charge in [0.1, 0.15) is 42.2 Å². The fraction of sp³-hybridized carbons (Fsp3) is 0.793. The van der Waals surface area contributed by atoms with Crippen molar-refractivity contribution >= 4 is 24.2 Å². The monoisotopic (exact) mass is 1020 g/mol. The van der Waals surface area contributed by atoms with Crippen molar-refractivity contribution in [2.24, 2.45) is 0 Å². The molecular weight excluding hydrogens is 919 g/mol. The summed E-state index contributed by atoms with van der Waals surface area (Å²) in [6.45, 7) is 14.8. The van der Waals surface area contributed by atoms with Crippen LogP contribution in [0.3, 0.4) is 0 Å². The SMILES string of the molecule is CCCCCCCCCCCCC/C=C/[C@@H](OC(=O)c1ccccc1)[C@H](CO[C@@]1(C)O[C@H](COC(=O)OC(C)(C)C)[C@H](OC(=O)OC(C)(C)C)[C@H](O)[C@H]1O)NC(=O)CCCCCCCCCCCCCCC. The van der Waals surface area contributed by atoms with Gasteiger partial charge in [-0.2, -0.15) is 0 Å². The molecule has 1 aliphatic heterocycles. The van der Waals surface area contributed by atoms with Crippen molar-refractivity contribution in [3.63, 3.8) is 0 Å². The number of hydrogen-bond acceptors (Lipinski definition) is 13. The molecule has 1 aliphatic rings. The van der Waals surface area contributed by atoms with Crippen molar-refractivity contribution in [2.45, 2.75) is 283 Å². The molecule has 0 radical (unpaired) electrons. The Morgan fingerprint density at radius 1 is 0.681 bits per heavy atom. The Balaban J connectivity index is 2.30. The topological polar surface area (TPSA) is 185 Å². The summed E-state index contributed by atoms with van der Waals surface area (Å²) in [5, 5.41) is 26.3. The number of unbranched alkanes of at least 4 members (excludes halogenated alkanes) is 23. The third-order valence-electron chi connectivity index (χ3n) is 12.7. The number of carbonyl (C=O) groups is 4. The number of ether oxygens (including phenoxy) is 7. The smallest absolute Gasteiger partial charge is 0.452 e. The Bertz CT molecular complexity index is 1640. The third-order valence-corrected chi connectivity index (χ3v) is 12.7. The molecule has 1 amide bonds. The van der Waals surface area contributed by atoms with Gasteiger partial charge in [0.15, 0.2) is 11.9 Å². The largest absolute Gasteiger partial charge is 0.509 e. The van der Waals surface area contributed by atoms with Crippen LogP contribution in [0.1, 0.15) is 240 Å². The molecule has 1 heterocycles. The van der Waals surface area contributed by atoms with Crippen molar-refractivity contribution in [1.82, 2.24) is 5.32 Å². The van der Waals surface area contributed by atoms with Crippen LogP contribution in [-0.2, 0) is 38.0 Å². The molecule has 1 aromatic carbocycles. The van der Waals surface area contributed by atoms with Crippen LogP contribution in [0, 0.1) is 0 Å². The van der Waals surface area contributed by atoms with Gasteiger partial charge in [-0.05, 0) is 85.9 Å². The Kier molecular flexibility index (Phi) is 32.4. The van der Waals surface area contributed by atoms with Gasteiger partial charge in [-0.15, -0.1) is 0 Å². The normalized spacial score (nSPS) is 20.2. The number of amides is 1. The van der Waals surface area contributed by atoms with Gasteiger partial charge >= 0.3 is 18.3 Å². The van der Waals surface area contributed by atoms with Gasteiger partial charge in [0.2, 0.25) is 5.91 Å². The van der Waals surface area contributed by atoms with Crippen LogP contribution < -0.4 is 5.32 Å². The van der Waals surface area contributed by atoms with Crippen molar-refractivity contribution in [3.05, 3.63) is 48.0 Å². The molecule has 72 heavy (non-hydrogen) atoms. The molecule has 1 saturated heterocycles. The summed E-state index contributed by atoms with van der Waals surface area (Å²) in [6.07, 6.45) is 23.4. The van der Waals surface area contributed by atoms with Crippen LogP contribution in [0.2, 0.25) is 0 Å². The summed E-state index contributed by atoms with van der Waals surface area (Å²) in [7, 11) is 0. The molecular formula is C58H99NO13. The zero-order valence-corrected chi connectivity index (χ0v) is 46.2. The second-order valence-corrected chi connectivity index (χ2v) is 21.9. The molecule has 1 fully saturated rings. The molecule has 7 atom stereocenters. The molecule has 14 heteroatoms.